The number of methoxy groups -OCH3 is 1. The summed E-state index contributed by atoms with van der Waals surface area (Å²) in [6.45, 7) is 1.39. The average molecular weight is 90.1 g/mol. The number of ether oxygens (including phenoxy) is 2. The summed E-state index contributed by atoms with van der Waals surface area (Å²) in [6, 6.07) is 0. The first-order valence-electron chi connectivity index (χ1n) is 1.83. The Morgan fingerprint density at radius 2 is 2.50 bits per heavy atom. The molecule has 0 spiro atoms. The van der Waals surface area contributed by atoms with Crippen molar-refractivity contribution in [1.29, 1.82) is 0 Å². The lowest BCUT2D eigenvalue weighted by Gasteiger charge is -1.88. The van der Waals surface area contributed by atoms with E-state index in [4.69, 9.17) is 0 Å². The van der Waals surface area contributed by atoms with Gasteiger partial charge < -0.3 is 9.47 Å². The number of hydrogen-bond acceptors (Lipinski definition) is 1. The number of aliphatic hydroxyl groups is 2. The quantitative estimate of drug-likeness (QED) is 0.352. The molecule has 0 rings (SSSR count). The van der Waals surface area contributed by atoms with Gasteiger partial charge in [0.25, 0.3) is 0 Å². The Kier molecular flexibility index (Phi) is 4.85. The molecule has 0 fully saturated rings. The largest absolute Gasteiger partial charge is 0.426 e. The zero-order valence-electron chi connectivity index (χ0n) is 3.98. The molecule has 37 valence electrons. The lowest BCUT2D eigenvalue weighted by atomic mass is 10.8. The normalized spacial score (nSPS) is 9.00. The van der Waals surface area contributed by atoms with Gasteiger partial charge in [0.2, 0.25) is 7.11 Å². The SMILES string of the molecule is [CH2][OH+]CCOC. The molecule has 0 aromatic carbocycles. The zero-order valence-corrected chi connectivity index (χ0v) is 3.98. The second kappa shape index (κ2) is 4.92. The van der Waals surface area contributed by atoms with Crippen LogP contribution in [0.25, 0.3) is 0 Å². The molecule has 0 saturated heterocycles. The van der Waals surface area contributed by atoms with E-state index >= 15 is 0 Å². The van der Waals surface area contributed by atoms with Gasteiger partial charge in [-0.3, -0.25) is 0 Å². The molecule has 0 aliphatic rings. The Labute approximate surface area is 38.1 Å². The van der Waals surface area contributed by atoms with Crippen molar-refractivity contribution in [3.05, 3.63) is 7.11 Å². The van der Waals surface area contributed by atoms with E-state index in [9.17, 15) is 0 Å². The Balaban J connectivity index is 2.34. The maximum absolute atomic E-state index is 4.65. The minimum Gasteiger partial charge on any atom is -0.426 e. The molecule has 1 radical (unpaired) electrons. The molecule has 0 atom stereocenters. The predicted octanol–water partition coefficient (Wildman–Crippen LogP) is -0.0476. The molecule has 0 unspecified atom stereocenters. The van der Waals surface area contributed by atoms with Crippen molar-refractivity contribution in [3.63, 3.8) is 0 Å². The molecule has 0 saturated carbocycles. The topological polar surface area (TPSA) is 22.0 Å². The van der Waals surface area contributed by atoms with Crippen LogP contribution < -0.4 is 0 Å². The lowest BCUT2D eigenvalue weighted by molar-refractivity contribution is 0.0121. The minimum absolute atomic E-state index is 0.684. The third kappa shape index (κ3) is 3.92. The summed E-state index contributed by atoms with van der Waals surface area (Å²) >= 11 is 0. The summed E-state index contributed by atoms with van der Waals surface area (Å²) in [5.41, 5.74) is 0. The van der Waals surface area contributed by atoms with Crippen LogP contribution in [0, 0.1) is 7.11 Å². The third-order valence-electron chi connectivity index (χ3n) is 0.454. The molecular weight excluding hydrogens is 80.0 g/mol. The minimum atomic E-state index is 0.684. The Morgan fingerprint density at radius 1 is 1.83 bits per heavy atom. The molecule has 1 N–H and O–H groups in total. The van der Waals surface area contributed by atoms with Crippen LogP contribution in [0.5, 0.6) is 0 Å². The third-order valence-corrected chi connectivity index (χ3v) is 0.454. The van der Waals surface area contributed by atoms with E-state index in [1.807, 2.05) is 0 Å². The zero-order chi connectivity index (χ0) is 4.83. The van der Waals surface area contributed by atoms with E-state index in [1.165, 1.54) is 0 Å². The van der Waals surface area contributed by atoms with Crippen LogP contribution in [-0.4, -0.2) is 25.1 Å². The molecule has 6 heavy (non-hydrogen) atoms. The summed E-state index contributed by atoms with van der Waals surface area (Å²) in [4.78, 5) is 0. The van der Waals surface area contributed by atoms with Crippen molar-refractivity contribution in [1.82, 2.24) is 0 Å². The molecule has 0 aromatic rings. The van der Waals surface area contributed by atoms with Crippen LogP contribution in [-0.2, 0) is 4.74 Å². The molecule has 2 heteroatoms. The molecule has 0 bridgehead atoms. The second-order valence-corrected chi connectivity index (χ2v) is 0.940. The Bertz CT molecular complexity index is 17.5. The van der Waals surface area contributed by atoms with Gasteiger partial charge in [-0.1, -0.05) is 0 Å². The van der Waals surface area contributed by atoms with E-state index in [0.29, 0.717) is 13.2 Å². The van der Waals surface area contributed by atoms with E-state index < -0.39 is 0 Å². The highest BCUT2D eigenvalue weighted by atomic mass is 16.5. The Hall–Kier alpha value is -0.0800. The van der Waals surface area contributed by atoms with Gasteiger partial charge in [0.15, 0.2) is 6.61 Å². The van der Waals surface area contributed by atoms with Crippen molar-refractivity contribution >= 4 is 0 Å². The maximum atomic E-state index is 4.65. The first-order valence-corrected chi connectivity index (χ1v) is 1.83. The van der Waals surface area contributed by atoms with Crippen molar-refractivity contribution in [2.24, 2.45) is 0 Å². The highest BCUT2D eigenvalue weighted by Crippen LogP contribution is 1.63. The first-order chi connectivity index (χ1) is 2.91. The van der Waals surface area contributed by atoms with Crippen LogP contribution in [0.3, 0.4) is 0 Å². The monoisotopic (exact) mass is 90.1 g/mol. The summed E-state index contributed by atoms with van der Waals surface area (Å²) in [5, 5.41) is 0. The molecule has 0 aliphatic heterocycles. The van der Waals surface area contributed by atoms with Crippen LogP contribution >= 0.6 is 0 Å². The molecular formula is C4H10O2+. The van der Waals surface area contributed by atoms with E-state index in [0.717, 1.165) is 0 Å². The fraction of sp³-hybridized carbons (Fsp3) is 0.750. The van der Waals surface area contributed by atoms with Gasteiger partial charge in [-0.05, 0) is 0 Å². The van der Waals surface area contributed by atoms with Gasteiger partial charge in [-0.25, -0.2) is 0 Å². The van der Waals surface area contributed by atoms with E-state index in [1.54, 1.807) is 7.11 Å². The van der Waals surface area contributed by atoms with Gasteiger partial charge in [-0.2, -0.15) is 0 Å². The van der Waals surface area contributed by atoms with E-state index in [2.05, 4.69) is 16.6 Å². The van der Waals surface area contributed by atoms with Crippen molar-refractivity contribution in [2.45, 2.75) is 0 Å². The van der Waals surface area contributed by atoms with Crippen LogP contribution in [0.1, 0.15) is 0 Å². The van der Waals surface area contributed by atoms with Gasteiger partial charge in [0.1, 0.15) is 6.61 Å². The highest BCUT2D eigenvalue weighted by molar-refractivity contribution is 4.18. The molecule has 0 heterocycles. The maximum Gasteiger partial charge on any atom is 0.214 e. The van der Waals surface area contributed by atoms with Crippen molar-refractivity contribution < 1.29 is 9.47 Å². The van der Waals surface area contributed by atoms with Crippen LogP contribution in [0.4, 0.5) is 0 Å². The number of rotatable bonds is 3. The van der Waals surface area contributed by atoms with Gasteiger partial charge in [0.05, 0.1) is 0 Å². The summed E-state index contributed by atoms with van der Waals surface area (Å²) in [7, 11) is 4.91. The lowest BCUT2D eigenvalue weighted by Crippen LogP contribution is -1.98. The average Bonchev–Trinajstić information content (AvgIpc) is 1.61. The van der Waals surface area contributed by atoms with E-state index in [-0.39, 0.29) is 0 Å². The molecule has 0 amide bonds. The fourth-order valence-corrected chi connectivity index (χ4v) is 0.156. The Morgan fingerprint density at radius 3 is 2.67 bits per heavy atom. The smallest absolute Gasteiger partial charge is 0.214 e. The summed E-state index contributed by atoms with van der Waals surface area (Å²) in [6.07, 6.45) is 0. The van der Waals surface area contributed by atoms with Crippen molar-refractivity contribution in [3.8, 4) is 0 Å². The highest BCUT2D eigenvalue weighted by Gasteiger charge is 1.78. The number of hydrogen-bond donors (Lipinski definition) is 0. The summed E-state index contributed by atoms with van der Waals surface area (Å²) < 4.78 is 8.20. The first kappa shape index (κ1) is 5.92. The van der Waals surface area contributed by atoms with Crippen LogP contribution in [0.15, 0.2) is 0 Å². The van der Waals surface area contributed by atoms with Gasteiger partial charge in [-0.15, -0.1) is 0 Å². The molecule has 2 nitrogen and oxygen atoms in total. The van der Waals surface area contributed by atoms with Gasteiger partial charge >= 0.3 is 0 Å². The predicted molar refractivity (Wildman–Crippen MR) is 24.3 cm³/mol. The molecule has 0 aromatic heterocycles. The second-order valence-electron chi connectivity index (χ2n) is 0.940. The fourth-order valence-electron chi connectivity index (χ4n) is 0.156. The van der Waals surface area contributed by atoms with Crippen LogP contribution in [0.2, 0.25) is 0 Å². The van der Waals surface area contributed by atoms with Gasteiger partial charge in [0, 0.05) is 7.11 Å². The molecule has 0 aliphatic carbocycles. The van der Waals surface area contributed by atoms with Crippen molar-refractivity contribution in [2.75, 3.05) is 20.3 Å². The standard InChI is InChI=1S/C4H10O2/c1-5-3-4-6-2/h5H,1,3-4H2,2H3/q+1. The summed E-state index contributed by atoms with van der Waals surface area (Å²) in [5.74, 6) is 0.